The molecule has 0 saturated heterocycles. The van der Waals surface area contributed by atoms with Gasteiger partial charge < -0.3 is 5.11 Å². The van der Waals surface area contributed by atoms with Crippen LogP contribution in [0.25, 0.3) is 31.6 Å². The quantitative estimate of drug-likeness (QED) is 0.370. The maximum atomic E-state index is 10.7. The van der Waals surface area contributed by atoms with Gasteiger partial charge in [0.1, 0.15) is 10.8 Å². The van der Waals surface area contributed by atoms with Crippen LogP contribution >= 0.6 is 27.3 Å². The second-order valence-corrected chi connectivity index (χ2v) is 9.14. The van der Waals surface area contributed by atoms with Gasteiger partial charge in [0.05, 0.1) is 15.8 Å². The molecule has 25 heavy (non-hydrogen) atoms. The number of halogens is 1. The number of phenols is 1. The number of fused-ring (bicyclic) bond motifs is 2. The molecule has 0 saturated carbocycles. The largest absolute Gasteiger partial charge is 0.507 e. The van der Waals surface area contributed by atoms with Crippen molar-refractivity contribution in [3.8, 4) is 16.3 Å². The Morgan fingerprint density at radius 3 is 2.56 bits per heavy atom. The van der Waals surface area contributed by atoms with E-state index in [2.05, 4.69) is 48.8 Å². The Balaban J connectivity index is 1.93. The first-order valence-electron chi connectivity index (χ1n) is 8.16. The summed E-state index contributed by atoms with van der Waals surface area (Å²) in [6, 6.07) is 16.2. The molecule has 0 aliphatic heterocycles. The van der Waals surface area contributed by atoms with Gasteiger partial charge in [-0.3, -0.25) is 0 Å². The summed E-state index contributed by atoms with van der Waals surface area (Å²) in [6.45, 7) is 6.62. The number of thiazole rings is 1. The van der Waals surface area contributed by atoms with Gasteiger partial charge in [-0.2, -0.15) is 0 Å². The summed E-state index contributed by atoms with van der Waals surface area (Å²) < 4.78 is 2.12. The highest BCUT2D eigenvalue weighted by Gasteiger charge is 2.19. The van der Waals surface area contributed by atoms with Crippen LogP contribution in [-0.4, -0.2) is 10.1 Å². The summed E-state index contributed by atoms with van der Waals surface area (Å²) in [5, 5.41) is 13.5. The maximum absolute atomic E-state index is 10.7. The highest BCUT2D eigenvalue weighted by atomic mass is 79.9. The van der Waals surface area contributed by atoms with Crippen molar-refractivity contribution >= 4 is 48.3 Å². The predicted molar refractivity (Wildman–Crippen MR) is 111 cm³/mol. The second-order valence-electron chi connectivity index (χ2n) is 7.26. The van der Waals surface area contributed by atoms with E-state index in [0.29, 0.717) is 5.75 Å². The van der Waals surface area contributed by atoms with Crippen LogP contribution in [0.3, 0.4) is 0 Å². The second kappa shape index (κ2) is 5.82. The first kappa shape index (κ1) is 16.6. The molecule has 3 aromatic carbocycles. The lowest BCUT2D eigenvalue weighted by Gasteiger charge is -2.19. The predicted octanol–water partition coefficient (Wildman–Crippen LogP) is 6.88. The van der Waals surface area contributed by atoms with E-state index in [1.54, 1.807) is 11.3 Å². The van der Waals surface area contributed by atoms with E-state index in [-0.39, 0.29) is 5.41 Å². The standard InChI is InChI=1S/C21H18BrNOS/c1-21(2,3)13-10-16(22)18-17(11-13)25-20(23-18)15-9-8-12-6-4-5-7-14(12)19(15)24/h4-11,24H,1-3H3. The number of hydrogen-bond acceptors (Lipinski definition) is 3. The van der Waals surface area contributed by atoms with Gasteiger partial charge in [-0.1, -0.05) is 51.1 Å². The third-order valence-electron chi connectivity index (χ3n) is 4.45. The molecule has 0 aliphatic rings. The van der Waals surface area contributed by atoms with Crippen LogP contribution in [0.5, 0.6) is 5.75 Å². The molecule has 0 bridgehead atoms. The van der Waals surface area contributed by atoms with Gasteiger partial charge in [-0.25, -0.2) is 4.98 Å². The van der Waals surface area contributed by atoms with Gasteiger partial charge in [-0.05, 0) is 50.5 Å². The average molecular weight is 412 g/mol. The summed E-state index contributed by atoms with van der Waals surface area (Å²) >= 11 is 5.28. The SMILES string of the molecule is CC(C)(C)c1cc(Br)c2nc(-c3ccc4ccccc4c3O)sc2c1. The van der Waals surface area contributed by atoms with E-state index in [9.17, 15) is 5.11 Å². The average Bonchev–Trinajstić information content (AvgIpc) is 2.99. The Hall–Kier alpha value is -1.91. The number of aromatic nitrogens is 1. The fourth-order valence-electron chi connectivity index (χ4n) is 2.96. The Morgan fingerprint density at radius 1 is 1.04 bits per heavy atom. The van der Waals surface area contributed by atoms with Crippen LogP contribution < -0.4 is 0 Å². The van der Waals surface area contributed by atoms with E-state index < -0.39 is 0 Å². The Bertz CT molecular complexity index is 1110. The van der Waals surface area contributed by atoms with Gasteiger partial charge in [0.25, 0.3) is 0 Å². The summed E-state index contributed by atoms with van der Waals surface area (Å²) in [5.74, 6) is 0.296. The summed E-state index contributed by atoms with van der Waals surface area (Å²) in [7, 11) is 0. The molecule has 0 unspecified atom stereocenters. The van der Waals surface area contributed by atoms with Gasteiger partial charge in [0.2, 0.25) is 0 Å². The van der Waals surface area contributed by atoms with Crippen LogP contribution in [-0.2, 0) is 5.41 Å². The number of aromatic hydroxyl groups is 1. The van der Waals surface area contributed by atoms with Gasteiger partial charge in [0.15, 0.2) is 0 Å². The molecule has 0 radical (unpaired) electrons. The van der Waals surface area contributed by atoms with Crippen LogP contribution in [0.2, 0.25) is 0 Å². The van der Waals surface area contributed by atoms with E-state index in [4.69, 9.17) is 4.98 Å². The maximum Gasteiger partial charge on any atom is 0.133 e. The van der Waals surface area contributed by atoms with Gasteiger partial charge >= 0.3 is 0 Å². The van der Waals surface area contributed by atoms with Crippen molar-refractivity contribution in [1.82, 2.24) is 4.98 Å². The Morgan fingerprint density at radius 2 is 1.80 bits per heavy atom. The molecule has 0 atom stereocenters. The molecular weight excluding hydrogens is 394 g/mol. The van der Waals surface area contributed by atoms with Crippen molar-refractivity contribution in [2.75, 3.05) is 0 Å². The number of benzene rings is 3. The van der Waals surface area contributed by atoms with Gasteiger partial charge in [0, 0.05) is 9.86 Å². The first-order chi connectivity index (χ1) is 11.8. The Kier molecular flexibility index (Phi) is 3.85. The van der Waals surface area contributed by atoms with E-state index in [1.165, 1.54) is 5.56 Å². The van der Waals surface area contributed by atoms with Crippen LogP contribution in [0.15, 0.2) is 53.0 Å². The fourth-order valence-corrected chi connectivity index (χ4v) is 4.70. The number of rotatable bonds is 1. The van der Waals surface area contributed by atoms with Gasteiger partial charge in [-0.15, -0.1) is 11.3 Å². The van der Waals surface area contributed by atoms with E-state index in [1.807, 2.05) is 36.4 Å². The number of nitrogens with zero attached hydrogens (tertiary/aromatic N) is 1. The zero-order valence-electron chi connectivity index (χ0n) is 14.3. The molecule has 1 heterocycles. The van der Waals surface area contributed by atoms with Crippen molar-refractivity contribution in [2.45, 2.75) is 26.2 Å². The molecular formula is C21H18BrNOS. The topological polar surface area (TPSA) is 33.1 Å². The van der Waals surface area contributed by atoms with Crippen molar-refractivity contribution in [2.24, 2.45) is 0 Å². The normalized spacial score (nSPS) is 12.2. The van der Waals surface area contributed by atoms with Crippen molar-refractivity contribution in [3.63, 3.8) is 0 Å². The number of phenolic OH excluding ortho intramolecular Hbond substituents is 1. The van der Waals surface area contributed by atoms with Crippen molar-refractivity contribution in [1.29, 1.82) is 0 Å². The summed E-state index contributed by atoms with van der Waals surface area (Å²) in [5.41, 5.74) is 3.07. The zero-order valence-corrected chi connectivity index (χ0v) is 16.7. The zero-order chi connectivity index (χ0) is 17.8. The third-order valence-corrected chi connectivity index (χ3v) is 6.09. The Labute approximate surface area is 159 Å². The molecule has 4 aromatic rings. The molecule has 0 fully saturated rings. The molecule has 0 amide bonds. The van der Waals surface area contributed by atoms with Crippen LogP contribution in [0.1, 0.15) is 26.3 Å². The summed E-state index contributed by atoms with van der Waals surface area (Å²) in [6.07, 6.45) is 0. The third kappa shape index (κ3) is 2.83. The molecule has 1 aromatic heterocycles. The molecule has 0 aliphatic carbocycles. The highest BCUT2D eigenvalue weighted by molar-refractivity contribution is 9.10. The first-order valence-corrected chi connectivity index (χ1v) is 9.77. The molecule has 2 nitrogen and oxygen atoms in total. The highest BCUT2D eigenvalue weighted by Crippen LogP contribution is 2.41. The molecule has 4 heteroatoms. The molecule has 0 spiro atoms. The lowest BCUT2D eigenvalue weighted by molar-refractivity contribution is 0.483. The lowest BCUT2D eigenvalue weighted by Crippen LogP contribution is -2.10. The fraction of sp³-hybridized carbons (Fsp3) is 0.190. The minimum absolute atomic E-state index is 0.0753. The number of hydrogen-bond donors (Lipinski definition) is 1. The molecule has 4 rings (SSSR count). The summed E-state index contributed by atoms with van der Waals surface area (Å²) in [4.78, 5) is 4.78. The molecule has 126 valence electrons. The van der Waals surface area contributed by atoms with Crippen LogP contribution in [0, 0.1) is 0 Å². The minimum atomic E-state index is 0.0753. The van der Waals surface area contributed by atoms with Crippen LogP contribution in [0.4, 0.5) is 0 Å². The smallest absolute Gasteiger partial charge is 0.133 e. The lowest BCUT2D eigenvalue weighted by atomic mass is 9.87. The van der Waals surface area contributed by atoms with E-state index >= 15 is 0 Å². The monoisotopic (exact) mass is 411 g/mol. The molecule has 1 N–H and O–H groups in total. The van der Waals surface area contributed by atoms with Crippen molar-refractivity contribution < 1.29 is 5.11 Å². The van der Waals surface area contributed by atoms with E-state index in [0.717, 1.165) is 36.0 Å². The van der Waals surface area contributed by atoms with Crippen molar-refractivity contribution in [3.05, 3.63) is 58.6 Å². The minimum Gasteiger partial charge on any atom is -0.507 e.